The average Bonchev–Trinajstić information content (AvgIpc) is 2.28. The fourth-order valence-corrected chi connectivity index (χ4v) is 4.05. The van der Waals surface area contributed by atoms with E-state index in [9.17, 15) is 8.42 Å². The summed E-state index contributed by atoms with van der Waals surface area (Å²) in [5.41, 5.74) is 0.860. The van der Waals surface area contributed by atoms with Crippen molar-refractivity contribution in [2.45, 2.75) is 43.7 Å². The van der Waals surface area contributed by atoms with Crippen molar-refractivity contribution >= 4 is 9.84 Å². The molecule has 0 aliphatic carbocycles. The highest BCUT2D eigenvalue weighted by Gasteiger charge is 2.41. The second-order valence-electron chi connectivity index (χ2n) is 6.19. The molecule has 0 saturated carbocycles. The second kappa shape index (κ2) is 5.63. The third-order valence-electron chi connectivity index (χ3n) is 3.57. The molecule has 0 saturated heterocycles. The Labute approximate surface area is 117 Å². The van der Waals surface area contributed by atoms with Gasteiger partial charge >= 0.3 is 0 Å². The van der Waals surface area contributed by atoms with Crippen LogP contribution in [0.3, 0.4) is 0 Å². The van der Waals surface area contributed by atoms with Gasteiger partial charge in [0.25, 0.3) is 0 Å². The van der Waals surface area contributed by atoms with E-state index in [-0.39, 0.29) is 6.04 Å². The van der Waals surface area contributed by atoms with E-state index in [1.165, 1.54) is 0 Å². The van der Waals surface area contributed by atoms with E-state index < -0.39 is 19.8 Å². The lowest BCUT2D eigenvalue weighted by Gasteiger charge is -2.34. The average molecular weight is 283 g/mol. The molecule has 0 bridgehead atoms. The topological polar surface area (TPSA) is 37.4 Å². The molecule has 2 atom stereocenters. The molecule has 0 heterocycles. The van der Waals surface area contributed by atoms with Gasteiger partial charge in [-0.05, 0) is 47.4 Å². The number of nitrogens with zero attached hydrogens (tertiary/aromatic N) is 1. The lowest BCUT2D eigenvalue weighted by Crippen LogP contribution is -2.42. The van der Waals surface area contributed by atoms with Crippen molar-refractivity contribution in [3.8, 4) is 0 Å². The first kappa shape index (κ1) is 16.2. The van der Waals surface area contributed by atoms with E-state index in [0.717, 1.165) is 5.56 Å². The molecule has 108 valence electrons. The summed E-state index contributed by atoms with van der Waals surface area (Å²) in [6, 6.07) is 9.41. The van der Waals surface area contributed by atoms with E-state index in [1.54, 1.807) is 20.8 Å². The van der Waals surface area contributed by atoms with Crippen molar-refractivity contribution in [2.75, 3.05) is 14.1 Å². The summed E-state index contributed by atoms with van der Waals surface area (Å²) in [7, 11) is 0.553. The number of sulfone groups is 1. The Morgan fingerprint density at radius 3 is 1.89 bits per heavy atom. The summed E-state index contributed by atoms with van der Waals surface area (Å²) in [6.45, 7) is 7.25. The van der Waals surface area contributed by atoms with Gasteiger partial charge in [-0.15, -0.1) is 0 Å². The van der Waals surface area contributed by atoms with E-state index in [0.29, 0.717) is 0 Å². The molecule has 1 aromatic rings. The largest absolute Gasteiger partial charge is 0.305 e. The molecule has 0 aromatic heterocycles. The van der Waals surface area contributed by atoms with Crippen LogP contribution in [-0.4, -0.2) is 38.2 Å². The molecule has 0 aliphatic heterocycles. The summed E-state index contributed by atoms with van der Waals surface area (Å²) in [5, 5.41) is -0.510. The Kier molecular flexibility index (Phi) is 4.80. The Morgan fingerprint density at radius 2 is 1.53 bits per heavy atom. The zero-order valence-electron chi connectivity index (χ0n) is 12.7. The molecule has 19 heavy (non-hydrogen) atoms. The minimum atomic E-state index is -3.28. The van der Waals surface area contributed by atoms with Crippen molar-refractivity contribution in [3.05, 3.63) is 35.9 Å². The molecule has 0 N–H and O–H groups in total. The standard InChI is InChI=1S/C15H25NO2S/c1-12(16(5)6)14(13-10-8-7-9-11-13)19(17,18)15(2,3)4/h7-12,14H,1-6H3/t12-,14+/m1/s1. The minimum Gasteiger partial charge on any atom is -0.305 e. The van der Waals surface area contributed by atoms with Gasteiger partial charge in [-0.1, -0.05) is 30.3 Å². The Hall–Kier alpha value is -0.870. The molecule has 0 fully saturated rings. The molecule has 0 unspecified atom stereocenters. The third-order valence-corrected chi connectivity index (χ3v) is 6.61. The number of rotatable bonds is 4. The molecule has 0 radical (unpaired) electrons. The normalized spacial score (nSPS) is 16.4. The predicted octanol–water partition coefficient (Wildman–Crippen LogP) is 2.89. The number of likely N-dealkylation sites (N-methyl/N-ethyl adjacent to an activating group) is 1. The first-order chi connectivity index (χ1) is 8.59. The first-order valence-electron chi connectivity index (χ1n) is 6.54. The van der Waals surface area contributed by atoms with Gasteiger partial charge in [-0.25, -0.2) is 8.42 Å². The van der Waals surface area contributed by atoms with Crippen LogP contribution in [-0.2, 0) is 9.84 Å². The lowest BCUT2D eigenvalue weighted by molar-refractivity contribution is 0.300. The maximum atomic E-state index is 12.9. The molecule has 4 heteroatoms. The van der Waals surface area contributed by atoms with E-state index >= 15 is 0 Å². The quantitative estimate of drug-likeness (QED) is 0.852. The van der Waals surface area contributed by atoms with Crippen molar-refractivity contribution in [1.29, 1.82) is 0 Å². The molecule has 1 rings (SSSR count). The van der Waals surface area contributed by atoms with Crippen LogP contribution in [0.2, 0.25) is 0 Å². The van der Waals surface area contributed by atoms with Gasteiger partial charge in [0.2, 0.25) is 0 Å². The van der Waals surface area contributed by atoms with Crippen LogP contribution in [0.15, 0.2) is 30.3 Å². The maximum absolute atomic E-state index is 12.9. The highest BCUT2D eigenvalue weighted by molar-refractivity contribution is 7.93. The molecule has 0 spiro atoms. The molecular formula is C15H25NO2S. The zero-order chi connectivity index (χ0) is 14.8. The van der Waals surface area contributed by atoms with Gasteiger partial charge in [0.15, 0.2) is 9.84 Å². The van der Waals surface area contributed by atoms with Crippen LogP contribution >= 0.6 is 0 Å². The van der Waals surface area contributed by atoms with Gasteiger partial charge in [0.05, 0.1) is 4.75 Å². The monoisotopic (exact) mass is 283 g/mol. The fourth-order valence-electron chi connectivity index (χ4n) is 2.01. The zero-order valence-corrected chi connectivity index (χ0v) is 13.5. The Bertz CT molecular complexity index is 501. The number of hydrogen-bond acceptors (Lipinski definition) is 3. The first-order valence-corrected chi connectivity index (χ1v) is 8.08. The van der Waals surface area contributed by atoms with Gasteiger partial charge in [-0.3, -0.25) is 0 Å². The molecule has 0 aliphatic rings. The summed E-state index contributed by atoms with van der Waals surface area (Å²) < 4.78 is 25.0. The van der Waals surface area contributed by atoms with Gasteiger partial charge in [0, 0.05) is 6.04 Å². The highest BCUT2D eigenvalue weighted by atomic mass is 32.2. The van der Waals surface area contributed by atoms with Crippen molar-refractivity contribution < 1.29 is 8.42 Å². The van der Waals surface area contributed by atoms with Crippen LogP contribution in [0.25, 0.3) is 0 Å². The number of hydrogen-bond donors (Lipinski definition) is 0. The Balaban J connectivity index is 3.38. The van der Waals surface area contributed by atoms with Crippen LogP contribution < -0.4 is 0 Å². The van der Waals surface area contributed by atoms with Gasteiger partial charge in [0.1, 0.15) is 5.25 Å². The van der Waals surface area contributed by atoms with Crippen LogP contribution in [0.4, 0.5) is 0 Å². The summed E-state index contributed by atoms with van der Waals surface area (Å²) in [5.74, 6) is 0. The van der Waals surface area contributed by atoms with Crippen molar-refractivity contribution in [3.63, 3.8) is 0 Å². The van der Waals surface area contributed by atoms with E-state index in [4.69, 9.17) is 0 Å². The van der Waals surface area contributed by atoms with Crippen LogP contribution in [0, 0.1) is 0 Å². The molecule has 3 nitrogen and oxygen atoms in total. The molecule has 0 amide bonds. The van der Waals surface area contributed by atoms with Crippen molar-refractivity contribution in [1.82, 2.24) is 4.90 Å². The maximum Gasteiger partial charge on any atom is 0.163 e. The van der Waals surface area contributed by atoms with Crippen LogP contribution in [0.1, 0.15) is 38.5 Å². The Morgan fingerprint density at radius 1 is 1.05 bits per heavy atom. The van der Waals surface area contributed by atoms with E-state index in [2.05, 4.69) is 0 Å². The minimum absolute atomic E-state index is 0.0772. The predicted molar refractivity (Wildman–Crippen MR) is 81.0 cm³/mol. The number of benzene rings is 1. The van der Waals surface area contributed by atoms with Crippen LogP contribution in [0.5, 0.6) is 0 Å². The fraction of sp³-hybridized carbons (Fsp3) is 0.600. The van der Waals surface area contributed by atoms with Crippen molar-refractivity contribution in [2.24, 2.45) is 0 Å². The second-order valence-corrected chi connectivity index (χ2v) is 9.02. The summed E-state index contributed by atoms with van der Waals surface area (Å²) in [4.78, 5) is 1.96. The molecule has 1 aromatic carbocycles. The van der Waals surface area contributed by atoms with Gasteiger partial charge < -0.3 is 4.90 Å². The SMILES string of the molecule is C[C@H]([C@@H](c1ccccc1)S(=O)(=O)C(C)(C)C)N(C)C. The third kappa shape index (κ3) is 3.37. The van der Waals surface area contributed by atoms with Gasteiger partial charge in [-0.2, -0.15) is 0 Å². The smallest absolute Gasteiger partial charge is 0.163 e. The lowest BCUT2D eigenvalue weighted by atomic mass is 10.1. The summed E-state index contributed by atoms with van der Waals surface area (Å²) >= 11 is 0. The highest BCUT2D eigenvalue weighted by Crippen LogP contribution is 2.35. The summed E-state index contributed by atoms with van der Waals surface area (Å²) in [6.07, 6.45) is 0. The molecular weight excluding hydrogens is 258 g/mol. The van der Waals surface area contributed by atoms with E-state index in [1.807, 2.05) is 56.3 Å².